The number of pyridine rings is 1. The van der Waals surface area contributed by atoms with Crippen molar-refractivity contribution in [2.75, 3.05) is 26.0 Å². The van der Waals surface area contributed by atoms with E-state index in [0.29, 0.717) is 27.6 Å². The number of nitrogens with zero attached hydrogens (tertiary/aromatic N) is 3. The summed E-state index contributed by atoms with van der Waals surface area (Å²) in [6.45, 7) is 2.66. The van der Waals surface area contributed by atoms with Crippen LogP contribution in [0.4, 0.5) is 18.3 Å². The summed E-state index contributed by atoms with van der Waals surface area (Å²) in [7, 11) is 3.90. The third kappa shape index (κ3) is 8.00. The first kappa shape index (κ1) is 27.0. The minimum atomic E-state index is -4.50. The van der Waals surface area contributed by atoms with E-state index in [2.05, 4.69) is 27.1 Å². The molecular formula is C26H25F3N4O2S. The maximum atomic E-state index is 12.9. The molecule has 188 valence electrons. The molecule has 0 spiro atoms. The Morgan fingerprint density at radius 1 is 1.11 bits per heavy atom. The molecule has 1 N–H and O–H groups in total. The molecule has 1 amide bonds. The van der Waals surface area contributed by atoms with E-state index >= 15 is 0 Å². The largest absolute Gasteiger partial charge is 0.416 e. The third-order valence-electron chi connectivity index (χ3n) is 5.13. The number of nitrogens with one attached hydrogen (secondary N) is 1. The number of amides is 1. The first-order chi connectivity index (χ1) is 17.0. The number of alkyl halides is 3. The zero-order chi connectivity index (χ0) is 26.3. The summed E-state index contributed by atoms with van der Waals surface area (Å²) >= 11 is 1.25. The van der Waals surface area contributed by atoms with Gasteiger partial charge in [0.05, 0.1) is 23.1 Å². The molecule has 0 fully saturated rings. The molecular weight excluding hydrogens is 489 g/mol. The van der Waals surface area contributed by atoms with Crippen LogP contribution < -0.4 is 5.32 Å². The second-order valence-electron chi connectivity index (χ2n) is 8.40. The smallest absolute Gasteiger partial charge is 0.309 e. The van der Waals surface area contributed by atoms with Gasteiger partial charge in [0, 0.05) is 29.4 Å². The molecule has 0 aliphatic carbocycles. The van der Waals surface area contributed by atoms with Gasteiger partial charge in [0.2, 0.25) is 5.91 Å². The van der Waals surface area contributed by atoms with Crippen molar-refractivity contribution in [2.45, 2.75) is 32.4 Å². The van der Waals surface area contributed by atoms with Crippen LogP contribution in [0, 0.1) is 18.8 Å². The molecule has 6 nitrogen and oxygen atoms in total. The van der Waals surface area contributed by atoms with E-state index in [-0.39, 0.29) is 23.8 Å². The number of carbonyl (C=O) groups excluding carboxylic acids is 2. The first-order valence-electron chi connectivity index (χ1n) is 11.1. The van der Waals surface area contributed by atoms with E-state index in [0.717, 1.165) is 36.9 Å². The highest BCUT2D eigenvalue weighted by molar-refractivity contribution is 7.16. The fraction of sp³-hybridized carbons (Fsp3) is 0.308. The number of benzene rings is 1. The van der Waals surface area contributed by atoms with Crippen molar-refractivity contribution >= 4 is 28.2 Å². The van der Waals surface area contributed by atoms with Gasteiger partial charge in [-0.2, -0.15) is 13.2 Å². The lowest BCUT2D eigenvalue weighted by atomic mass is 10.00. The maximum absolute atomic E-state index is 12.9. The number of anilines is 1. The lowest BCUT2D eigenvalue weighted by Crippen LogP contribution is -2.17. The van der Waals surface area contributed by atoms with E-state index in [1.54, 1.807) is 24.4 Å². The van der Waals surface area contributed by atoms with Crippen LogP contribution in [0.5, 0.6) is 0 Å². The van der Waals surface area contributed by atoms with Gasteiger partial charge in [-0.05, 0) is 63.7 Å². The van der Waals surface area contributed by atoms with E-state index < -0.39 is 11.7 Å². The van der Waals surface area contributed by atoms with Crippen molar-refractivity contribution in [1.29, 1.82) is 0 Å². The Hall–Kier alpha value is -3.55. The van der Waals surface area contributed by atoms with Crippen LogP contribution in [0.15, 0.2) is 42.7 Å². The summed E-state index contributed by atoms with van der Waals surface area (Å²) in [5, 5.41) is 3.23. The molecule has 2 aromatic heterocycles. The van der Waals surface area contributed by atoms with Gasteiger partial charge < -0.3 is 10.2 Å². The number of halogens is 3. The van der Waals surface area contributed by atoms with Crippen LogP contribution >= 0.6 is 11.3 Å². The summed E-state index contributed by atoms with van der Waals surface area (Å²) < 4.78 is 38.8. The van der Waals surface area contributed by atoms with Crippen molar-refractivity contribution in [3.63, 3.8) is 0 Å². The standard InChI is InChI=1S/C26H25F3N4O2S/c1-17-6-7-19(23(34)15-21-14-20(10-11-30-21)26(27,28)29)13-18(17)8-9-22-16-31-25(36-22)32-24(35)5-4-12-33(2)3/h6-7,10-11,13-14,16H,4-5,12,15H2,1-3H3,(H,31,32,35). The van der Waals surface area contributed by atoms with E-state index in [1.165, 1.54) is 11.3 Å². The molecule has 0 bridgehead atoms. The SMILES string of the molecule is Cc1ccc(C(=O)Cc2cc(C(F)(F)F)ccn2)cc1C#Cc1cnc(NC(=O)CCCN(C)C)s1. The van der Waals surface area contributed by atoms with E-state index in [1.807, 2.05) is 25.9 Å². The molecule has 36 heavy (non-hydrogen) atoms. The van der Waals surface area contributed by atoms with E-state index in [4.69, 9.17) is 0 Å². The minimum Gasteiger partial charge on any atom is -0.309 e. The zero-order valence-electron chi connectivity index (χ0n) is 20.1. The summed E-state index contributed by atoms with van der Waals surface area (Å²) in [4.78, 5) is 35.5. The fourth-order valence-electron chi connectivity index (χ4n) is 3.20. The van der Waals surface area contributed by atoms with Crippen molar-refractivity contribution in [3.8, 4) is 11.8 Å². The van der Waals surface area contributed by atoms with Crippen LogP contribution in [0.25, 0.3) is 0 Å². The monoisotopic (exact) mass is 514 g/mol. The number of Topliss-reactive ketones (excluding diaryl/α,β-unsaturated/α-hetero) is 1. The Kier molecular flexibility index (Phi) is 8.96. The topological polar surface area (TPSA) is 75.2 Å². The Labute approximate surface area is 211 Å². The summed E-state index contributed by atoms with van der Waals surface area (Å²) in [6.07, 6.45) is -1.00. The average Bonchev–Trinajstić information content (AvgIpc) is 3.25. The number of hydrogen-bond donors (Lipinski definition) is 1. The lowest BCUT2D eigenvalue weighted by Gasteiger charge is -2.08. The highest BCUT2D eigenvalue weighted by Crippen LogP contribution is 2.29. The highest BCUT2D eigenvalue weighted by atomic mass is 32.1. The average molecular weight is 515 g/mol. The third-order valence-corrected chi connectivity index (χ3v) is 5.95. The van der Waals surface area contributed by atoms with Crippen LogP contribution in [0.2, 0.25) is 0 Å². The second-order valence-corrected chi connectivity index (χ2v) is 9.43. The quantitative estimate of drug-likeness (QED) is 0.339. The molecule has 1 aromatic carbocycles. The molecule has 0 aliphatic rings. The Balaban J connectivity index is 1.67. The summed E-state index contributed by atoms with van der Waals surface area (Å²) in [5.74, 6) is 5.54. The molecule has 2 heterocycles. The Morgan fingerprint density at radius 2 is 1.89 bits per heavy atom. The van der Waals surface area contributed by atoms with Crippen LogP contribution in [0.3, 0.4) is 0 Å². The predicted molar refractivity (Wildman–Crippen MR) is 133 cm³/mol. The maximum Gasteiger partial charge on any atom is 0.416 e. The van der Waals surface area contributed by atoms with Crippen LogP contribution in [-0.4, -0.2) is 47.2 Å². The summed E-state index contributed by atoms with van der Waals surface area (Å²) in [5.41, 5.74) is 0.989. The Morgan fingerprint density at radius 3 is 2.61 bits per heavy atom. The van der Waals surface area contributed by atoms with E-state index in [9.17, 15) is 22.8 Å². The fourth-order valence-corrected chi connectivity index (χ4v) is 3.89. The van der Waals surface area contributed by atoms with Gasteiger partial charge in [-0.25, -0.2) is 4.98 Å². The Bertz CT molecular complexity index is 1310. The number of thiazole rings is 1. The number of hydrogen-bond acceptors (Lipinski definition) is 6. The molecule has 0 atom stereocenters. The van der Waals surface area contributed by atoms with Gasteiger partial charge in [0.15, 0.2) is 10.9 Å². The van der Waals surface area contributed by atoms with Crippen LogP contribution in [-0.2, 0) is 17.4 Å². The number of carbonyl (C=O) groups is 2. The van der Waals surface area contributed by atoms with Gasteiger partial charge in [-0.3, -0.25) is 14.6 Å². The van der Waals surface area contributed by atoms with Crippen LogP contribution in [0.1, 0.15) is 50.5 Å². The molecule has 3 aromatic rings. The van der Waals surface area contributed by atoms with Crippen molar-refractivity contribution in [2.24, 2.45) is 0 Å². The van der Waals surface area contributed by atoms with Gasteiger partial charge in [-0.1, -0.05) is 29.4 Å². The van der Waals surface area contributed by atoms with Crippen molar-refractivity contribution < 1.29 is 22.8 Å². The first-order valence-corrected chi connectivity index (χ1v) is 11.9. The number of aromatic nitrogens is 2. The number of rotatable bonds is 8. The second kappa shape index (κ2) is 11.9. The predicted octanol–water partition coefficient (Wildman–Crippen LogP) is 4.97. The van der Waals surface area contributed by atoms with Gasteiger partial charge in [0.25, 0.3) is 0 Å². The van der Waals surface area contributed by atoms with Crippen molar-refractivity contribution in [3.05, 3.63) is 75.6 Å². The normalized spacial score (nSPS) is 11.2. The minimum absolute atomic E-state index is 0.0454. The molecule has 0 radical (unpaired) electrons. The molecule has 10 heteroatoms. The molecule has 0 unspecified atom stereocenters. The summed E-state index contributed by atoms with van der Waals surface area (Å²) in [6, 6.07) is 6.73. The zero-order valence-corrected chi connectivity index (χ0v) is 20.9. The van der Waals surface area contributed by atoms with Gasteiger partial charge in [0.1, 0.15) is 0 Å². The number of aryl methyl sites for hydroxylation is 1. The number of ketones is 1. The molecule has 0 saturated heterocycles. The molecule has 0 aliphatic heterocycles. The van der Waals surface area contributed by atoms with Gasteiger partial charge in [-0.15, -0.1) is 0 Å². The van der Waals surface area contributed by atoms with Crippen molar-refractivity contribution in [1.82, 2.24) is 14.9 Å². The molecule has 3 rings (SSSR count). The molecule has 0 saturated carbocycles. The lowest BCUT2D eigenvalue weighted by molar-refractivity contribution is -0.137. The highest BCUT2D eigenvalue weighted by Gasteiger charge is 2.30. The van der Waals surface area contributed by atoms with Gasteiger partial charge >= 0.3 is 6.18 Å².